The lowest BCUT2D eigenvalue weighted by Gasteiger charge is -2.11. The van der Waals surface area contributed by atoms with E-state index in [4.69, 9.17) is 22.6 Å². The van der Waals surface area contributed by atoms with Crippen LogP contribution in [0.3, 0.4) is 0 Å². The Morgan fingerprint density at radius 3 is 2.72 bits per heavy atom. The monoisotopic (exact) mass is 351 g/mol. The second kappa shape index (κ2) is 7.93. The van der Waals surface area contributed by atoms with E-state index in [-0.39, 0.29) is 6.04 Å². The van der Waals surface area contributed by atoms with Crippen LogP contribution in [0.15, 0.2) is 55.0 Å². The van der Waals surface area contributed by atoms with Crippen molar-refractivity contribution in [3.8, 4) is 17.3 Å². The second-order valence-corrected chi connectivity index (χ2v) is 6.29. The first-order chi connectivity index (χ1) is 12.2. The number of hydrogen-bond acceptors (Lipinski definition) is 4. The fraction of sp³-hybridized carbons (Fsp3) is 0.211. The average Bonchev–Trinajstić information content (AvgIpc) is 3.09. The van der Waals surface area contributed by atoms with E-state index in [1.807, 2.05) is 35.1 Å². The van der Waals surface area contributed by atoms with Gasteiger partial charge in [-0.25, -0.2) is 0 Å². The number of rotatable bonds is 6. The van der Waals surface area contributed by atoms with Crippen LogP contribution in [0.4, 0.5) is 0 Å². The summed E-state index contributed by atoms with van der Waals surface area (Å²) in [5.41, 5.74) is 9.62. The van der Waals surface area contributed by atoms with Crippen molar-refractivity contribution >= 4 is 11.6 Å². The lowest BCUT2D eigenvalue weighted by Crippen LogP contribution is -2.27. The molecular weight excluding hydrogens is 334 g/mol. The largest absolute Gasteiger partial charge is 0.326 e. The molecular formula is C19H18ClN5. The first-order valence-corrected chi connectivity index (χ1v) is 8.41. The molecule has 2 N–H and O–H groups in total. The number of benzene rings is 1. The summed E-state index contributed by atoms with van der Waals surface area (Å²) >= 11 is 6.09. The highest BCUT2D eigenvalue weighted by atomic mass is 35.5. The van der Waals surface area contributed by atoms with Crippen LogP contribution in [0.25, 0.3) is 11.3 Å². The van der Waals surface area contributed by atoms with Crippen LogP contribution < -0.4 is 5.73 Å². The highest BCUT2D eigenvalue weighted by Crippen LogP contribution is 2.24. The van der Waals surface area contributed by atoms with Crippen LogP contribution in [0, 0.1) is 11.3 Å². The summed E-state index contributed by atoms with van der Waals surface area (Å²) in [6.45, 7) is 0.648. The minimum absolute atomic E-state index is 0.0190. The van der Waals surface area contributed by atoms with Crippen LogP contribution in [-0.2, 0) is 13.0 Å². The molecule has 25 heavy (non-hydrogen) atoms. The topological polar surface area (TPSA) is 80.5 Å². The zero-order valence-corrected chi connectivity index (χ0v) is 14.4. The quantitative estimate of drug-likeness (QED) is 0.737. The van der Waals surface area contributed by atoms with E-state index in [1.54, 1.807) is 24.5 Å². The van der Waals surface area contributed by atoms with Gasteiger partial charge in [-0.3, -0.25) is 9.67 Å². The van der Waals surface area contributed by atoms with E-state index in [9.17, 15) is 0 Å². The fourth-order valence-corrected chi connectivity index (χ4v) is 2.84. The van der Waals surface area contributed by atoms with Crippen molar-refractivity contribution in [1.29, 1.82) is 5.26 Å². The van der Waals surface area contributed by atoms with Gasteiger partial charge in [-0.15, -0.1) is 0 Å². The number of nitriles is 1. The third kappa shape index (κ3) is 4.44. The normalized spacial score (nSPS) is 11.9. The van der Waals surface area contributed by atoms with Crippen molar-refractivity contribution in [3.05, 3.63) is 71.1 Å². The van der Waals surface area contributed by atoms with Crippen LogP contribution in [0.1, 0.15) is 17.5 Å². The van der Waals surface area contributed by atoms with Crippen molar-refractivity contribution in [1.82, 2.24) is 14.8 Å². The number of hydrogen-bond donors (Lipinski definition) is 1. The molecule has 3 rings (SSSR count). The Morgan fingerprint density at radius 2 is 2.00 bits per heavy atom. The smallest absolute Gasteiger partial charge is 0.101 e. The first kappa shape index (κ1) is 17.2. The summed E-state index contributed by atoms with van der Waals surface area (Å²) in [6.07, 6.45) is 7.30. The molecule has 6 heteroatoms. The van der Waals surface area contributed by atoms with E-state index < -0.39 is 0 Å². The molecule has 0 aliphatic carbocycles. The predicted octanol–water partition coefficient (Wildman–Crippen LogP) is 3.43. The van der Waals surface area contributed by atoms with Crippen LogP contribution in [-0.4, -0.2) is 20.8 Å². The van der Waals surface area contributed by atoms with Gasteiger partial charge < -0.3 is 5.73 Å². The first-order valence-electron chi connectivity index (χ1n) is 8.03. The SMILES string of the molecule is N#Cc1ccc(-c2ccn(C[C@H](N)CCc3ccncc3)n2)cc1Cl. The lowest BCUT2D eigenvalue weighted by molar-refractivity contribution is 0.486. The lowest BCUT2D eigenvalue weighted by atomic mass is 10.1. The van der Waals surface area contributed by atoms with Crippen molar-refractivity contribution in [2.75, 3.05) is 0 Å². The van der Waals surface area contributed by atoms with E-state index >= 15 is 0 Å². The average molecular weight is 352 g/mol. The van der Waals surface area contributed by atoms with Gasteiger partial charge in [-0.1, -0.05) is 17.7 Å². The van der Waals surface area contributed by atoms with Gasteiger partial charge in [0.1, 0.15) is 6.07 Å². The van der Waals surface area contributed by atoms with Gasteiger partial charge in [0.15, 0.2) is 0 Å². The molecule has 0 aliphatic rings. The number of nitrogens with zero attached hydrogens (tertiary/aromatic N) is 4. The molecule has 0 radical (unpaired) electrons. The summed E-state index contributed by atoms with van der Waals surface area (Å²) in [7, 11) is 0. The number of halogens is 1. The van der Waals surface area contributed by atoms with Crippen molar-refractivity contribution in [2.45, 2.75) is 25.4 Å². The number of aryl methyl sites for hydroxylation is 1. The Hall–Kier alpha value is -2.68. The molecule has 0 saturated carbocycles. The Morgan fingerprint density at radius 1 is 1.20 bits per heavy atom. The molecule has 1 atom stereocenters. The molecule has 0 amide bonds. The summed E-state index contributed by atoms with van der Waals surface area (Å²) in [5, 5.41) is 13.9. The number of pyridine rings is 1. The molecule has 0 bridgehead atoms. The maximum absolute atomic E-state index is 8.94. The van der Waals surface area contributed by atoms with Gasteiger partial charge >= 0.3 is 0 Å². The van der Waals surface area contributed by atoms with Gasteiger partial charge in [-0.05, 0) is 48.7 Å². The molecule has 1 aromatic carbocycles. The minimum Gasteiger partial charge on any atom is -0.326 e. The van der Waals surface area contributed by atoms with E-state index in [0.29, 0.717) is 17.1 Å². The molecule has 0 fully saturated rings. The molecule has 5 nitrogen and oxygen atoms in total. The Kier molecular flexibility index (Phi) is 5.44. The van der Waals surface area contributed by atoms with E-state index in [1.165, 1.54) is 5.56 Å². The number of aromatic nitrogens is 3. The highest BCUT2D eigenvalue weighted by molar-refractivity contribution is 6.32. The molecule has 126 valence electrons. The van der Waals surface area contributed by atoms with Crippen molar-refractivity contribution in [2.24, 2.45) is 5.73 Å². The summed E-state index contributed by atoms with van der Waals surface area (Å²) in [4.78, 5) is 4.02. The summed E-state index contributed by atoms with van der Waals surface area (Å²) in [5.74, 6) is 0. The van der Waals surface area contributed by atoms with Gasteiger partial charge in [-0.2, -0.15) is 10.4 Å². The molecule has 2 heterocycles. The Bertz CT molecular complexity index is 882. The molecule has 3 aromatic rings. The molecule has 0 unspecified atom stereocenters. The minimum atomic E-state index is 0.0190. The highest BCUT2D eigenvalue weighted by Gasteiger charge is 2.09. The zero-order chi connectivity index (χ0) is 17.6. The van der Waals surface area contributed by atoms with Crippen molar-refractivity contribution < 1.29 is 0 Å². The summed E-state index contributed by atoms with van der Waals surface area (Å²) < 4.78 is 1.85. The summed E-state index contributed by atoms with van der Waals surface area (Å²) in [6, 6.07) is 13.3. The molecule has 0 aliphatic heterocycles. The van der Waals surface area contributed by atoms with Gasteiger partial charge in [0.2, 0.25) is 0 Å². The third-order valence-corrected chi connectivity index (χ3v) is 4.31. The van der Waals surface area contributed by atoms with Gasteiger partial charge in [0.05, 0.1) is 22.8 Å². The van der Waals surface area contributed by atoms with Crippen LogP contribution >= 0.6 is 11.6 Å². The van der Waals surface area contributed by atoms with Gasteiger partial charge in [0, 0.05) is 30.2 Å². The molecule has 0 spiro atoms. The third-order valence-electron chi connectivity index (χ3n) is 4.00. The zero-order valence-electron chi connectivity index (χ0n) is 13.6. The van der Waals surface area contributed by atoms with Gasteiger partial charge in [0.25, 0.3) is 0 Å². The standard InChI is InChI=1S/C19H18ClN5/c20-18-11-15(2-3-16(18)12-21)19-7-10-25(24-19)13-17(22)4-1-14-5-8-23-9-6-14/h2-3,5-11,17H,1,4,13,22H2/t17-/m1/s1. The predicted molar refractivity (Wildman–Crippen MR) is 97.9 cm³/mol. The van der Waals surface area contributed by atoms with Crippen LogP contribution in [0.2, 0.25) is 5.02 Å². The Labute approximate surface area is 151 Å². The van der Waals surface area contributed by atoms with Crippen molar-refractivity contribution in [3.63, 3.8) is 0 Å². The second-order valence-electron chi connectivity index (χ2n) is 5.88. The molecule has 2 aromatic heterocycles. The van der Waals surface area contributed by atoms with E-state index in [2.05, 4.69) is 16.2 Å². The Balaban J connectivity index is 1.61. The maximum atomic E-state index is 8.94. The molecule has 0 saturated heterocycles. The maximum Gasteiger partial charge on any atom is 0.101 e. The number of nitrogens with two attached hydrogens (primary N) is 1. The van der Waals surface area contributed by atoms with E-state index in [0.717, 1.165) is 24.1 Å². The van der Waals surface area contributed by atoms with Crippen LogP contribution in [0.5, 0.6) is 0 Å². The fourth-order valence-electron chi connectivity index (χ4n) is 2.62.